The second kappa shape index (κ2) is 7.74. The number of aryl methyl sites for hydroxylation is 1. The molecule has 0 radical (unpaired) electrons. The summed E-state index contributed by atoms with van der Waals surface area (Å²) in [5, 5.41) is 0. The molecule has 4 rings (SSSR count). The first-order chi connectivity index (χ1) is 13.1. The number of amides is 1. The van der Waals surface area contributed by atoms with Crippen LogP contribution in [-0.4, -0.2) is 52.2 Å². The fourth-order valence-electron chi connectivity index (χ4n) is 3.82. The Morgan fingerprint density at radius 3 is 2.89 bits per heavy atom. The number of carbonyl (C=O) groups is 1. The van der Waals surface area contributed by atoms with Crippen molar-refractivity contribution in [2.45, 2.75) is 44.5 Å². The van der Waals surface area contributed by atoms with Gasteiger partial charge in [-0.2, -0.15) is 0 Å². The zero-order chi connectivity index (χ0) is 18.7. The third-order valence-corrected chi connectivity index (χ3v) is 5.23. The molecular weight excluding hydrogens is 342 g/mol. The van der Waals surface area contributed by atoms with Crippen molar-refractivity contribution in [1.82, 2.24) is 14.9 Å². The number of ether oxygens (including phenoxy) is 2. The highest BCUT2D eigenvalue weighted by Crippen LogP contribution is 2.35. The predicted octanol–water partition coefficient (Wildman–Crippen LogP) is 2.30. The van der Waals surface area contributed by atoms with Gasteiger partial charge < -0.3 is 14.4 Å². The van der Waals surface area contributed by atoms with E-state index >= 15 is 0 Å². The molecule has 2 aliphatic rings. The highest BCUT2D eigenvalue weighted by molar-refractivity contribution is 5.79. The van der Waals surface area contributed by atoms with Crippen molar-refractivity contribution in [3.8, 4) is 0 Å². The van der Waals surface area contributed by atoms with E-state index in [9.17, 15) is 4.79 Å². The largest absolute Gasteiger partial charge is 0.372 e. The molecule has 2 saturated heterocycles. The van der Waals surface area contributed by atoms with Crippen LogP contribution in [0.4, 0.5) is 0 Å². The Morgan fingerprint density at radius 1 is 1.26 bits per heavy atom. The van der Waals surface area contributed by atoms with Crippen LogP contribution in [0, 0.1) is 6.92 Å². The lowest BCUT2D eigenvalue weighted by molar-refractivity contribution is -0.202. The van der Waals surface area contributed by atoms with Crippen molar-refractivity contribution in [3.63, 3.8) is 0 Å². The highest BCUT2D eigenvalue weighted by atomic mass is 16.5. The minimum absolute atomic E-state index is 0.106. The Hall–Kier alpha value is -2.31. The van der Waals surface area contributed by atoms with Crippen molar-refractivity contribution in [2.24, 2.45) is 0 Å². The van der Waals surface area contributed by atoms with E-state index in [2.05, 4.69) is 9.97 Å². The lowest BCUT2D eigenvalue weighted by atomic mass is 9.84. The van der Waals surface area contributed by atoms with Crippen LogP contribution in [0.5, 0.6) is 0 Å². The minimum atomic E-state index is -0.247. The summed E-state index contributed by atoms with van der Waals surface area (Å²) in [6, 6.07) is 11.6. The number of aromatic nitrogens is 2. The summed E-state index contributed by atoms with van der Waals surface area (Å²) in [6.45, 7) is 4.46. The quantitative estimate of drug-likeness (QED) is 0.811. The van der Waals surface area contributed by atoms with Crippen LogP contribution in [-0.2, 0) is 27.3 Å². The lowest BCUT2D eigenvalue weighted by Crippen LogP contribution is -2.67. The molecular formula is C21H25N3O3. The summed E-state index contributed by atoms with van der Waals surface area (Å²) in [4.78, 5) is 23.0. The molecule has 0 saturated carbocycles. The predicted molar refractivity (Wildman–Crippen MR) is 100.0 cm³/mol. The monoisotopic (exact) mass is 367 g/mol. The van der Waals surface area contributed by atoms with Crippen molar-refractivity contribution in [3.05, 3.63) is 59.7 Å². The molecule has 1 unspecified atom stereocenters. The van der Waals surface area contributed by atoms with Crippen molar-refractivity contribution < 1.29 is 14.3 Å². The van der Waals surface area contributed by atoms with Crippen molar-refractivity contribution in [2.75, 3.05) is 19.7 Å². The first-order valence-electron chi connectivity index (χ1n) is 9.48. The van der Waals surface area contributed by atoms with Crippen LogP contribution in [0.2, 0.25) is 0 Å². The molecule has 27 heavy (non-hydrogen) atoms. The second-order valence-electron chi connectivity index (χ2n) is 7.48. The van der Waals surface area contributed by atoms with Crippen molar-refractivity contribution >= 4 is 5.91 Å². The standard InChI is InChI=1S/C21H25N3O3/c1-16-5-4-7-18(23-16)13-26-19-8-10-27-21(12-19)14-24(15-21)20(25)11-17-6-2-3-9-22-17/h2-7,9,19H,8,10-15H2,1H3. The first kappa shape index (κ1) is 18.1. The fourth-order valence-corrected chi connectivity index (χ4v) is 3.82. The van der Waals surface area contributed by atoms with Gasteiger partial charge in [0.05, 0.1) is 37.9 Å². The van der Waals surface area contributed by atoms with E-state index in [0.29, 0.717) is 32.7 Å². The Morgan fingerprint density at radius 2 is 2.11 bits per heavy atom. The van der Waals surface area contributed by atoms with Crippen molar-refractivity contribution in [1.29, 1.82) is 0 Å². The highest BCUT2D eigenvalue weighted by Gasteiger charge is 2.49. The maximum atomic E-state index is 12.4. The van der Waals surface area contributed by atoms with Gasteiger partial charge in [0.2, 0.25) is 5.91 Å². The van der Waals surface area contributed by atoms with Gasteiger partial charge >= 0.3 is 0 Å². The second-order valence-corrected chi connectivity index (χ2v) is 7.48. The molecule has 6 nitrogen and oxygen atoms in total. The average molecular weight is 367 g/mol. The van der Waals surface area contributed by atoms with Gasteiger partial charge in [0, 0.05) is 30.6 Å². The number of hydrogen-bond donors (Lipinski definition) is 0. The zero-order valence-corrected chi connectivity index (χ0v) is 15.6. The van der Waals surface area contributed by atoms with Gasteiger partial charge in [-0.15, -0.1) is 0 Å². The van der Waals surface area contributed by atoms with Crippen LogP contribution in [0.3, 0.4) is 0 Å². The van der Waals surface area contributed by atoms with Crippen LogP contribution in [0.1, 0.15) is 29.9 Å². The Kier molecular flexibility index (Phi) is 5.18. The molecule has 2 aliphatic heterocycles. The van der Waals surface area contributed by atoms with Gasteiger partial charge in [0.25, 0.3) is 0 Å². The van der Waals surface area contributed by atoms with E-state index in [1.54, 1.807) is 6.20 Å². The fraction of sp³-hybridized carbons (Fsp3) is 0.476. The molecule has 2 aromatic heterocycles. The normalized spacial score (nSPS) is 21.1. The molecule has 2 aromatic rings. The zero-order valence-electron chi connectivity index (χ0n) is 15.6. The molecule has 1 spiro atoms. The molecule has 0 N–H and O–H groups in total. The van der Waals surface area contributed by atoms with E-state index in [4.69, 9.17) is 9.47 Å². The number of hydrogen-bond acceptors (Lipinski definition) is 5. The minimum Gasteiger partial charge on any atom is -0.372 e. The Labute approximate surface area is 159 Å². The molecule has 142 valence electrons. The molecule has 1 atom stereocenters. The molecule has 0 aromatic carbocycles. The number of rotatable bonds is 5. The summed E-state index contributed by atoms with van der Waals surface area (Å²) in [7, 11) is 0. The topological polar surface area (TPSA) is 64.6 Å². The van der Waals surface area contributed by atoms with E-state index in [1.165, 1.54) is 0 Å². The summed E-state index contributed by atoms with van der Waals surface area (Å²) < 4.78 is 12.1. The molecule has 1 amide bonds. The van der Waals surface area contributed by atoms with E-state index in [0.717, 1.165) is 29.9 Å². The van der Waals surface area contributed by atoms with Gasteiger partial charge in [-0.1, -0.05) is 12.1 Å². The van der Waals surface area contributed by atoms with Gasteiger partial charge in [0.1, 0.15) is 5.60 Å². The smallest absolute Gasteiger partial charge is 0.228 e. The molecule has 0 aliphatic carbocycles. The molecule has 6 heteroatoms. The number of carbonyl (C=O) groups excluding carboxylic acids is 1. The summed E-state index contributed by atoms with van der Waals surface area (Å²) in [5.41, 5.74) is 2.51. The van der Waals surface area contributed by atoms with E-state index < -0.39 is 0 Å². The number of nitrogens with zero attached hydrogens (tertiary/aromatic N) is 3. The van der Waals surface area contributed by atoms with E-state index in [-0.39, 0.29) is 17.6 Å². The molecule has 0 bridgehead atoms. The van der Waals surface area contributed by atoms with E-state index in [1.807, 2.05) is 48.2 Å². The molecule has 4 heterocycles. The third-order valence-electron chi connectivity index (χ3n) is 5.23. The van der Waals surface area contributed by atoms with Crippen LogP contribution in [0.25, 0.3) is 0 Å². The number of pyridine rings is 2. The average Bonchev–Trinajstić information content (AvgIpc) is 2.65. The maximum Gasteiger partial charge on any atom is 0.228 e. The SMILES string of the molecule is Cc1cccc(COC2CCOC3(C2)CN(C(=O)Cc2ccccn2)C3)n1. The molecule has 2 fully saturated rings. The number of likely N-dealkylation sites (tertiary alicyclic amines) is 1. The first-order valence-corrected chi connectivity index (χ1v) is 9.48. The Balaban J connectivity index is 1.27. The van der Waals surface area contributed by atoms with Crippen LogP contribution < -0.4 is 0 Å². The van der Waals surface area contributed by atoms with Crippen LogP contribution >= 0.6 is 0 Å². The van der Waals surface area contributed by atoms with Gasteiger partial charge in [-0.05, 0) is 37.6 Å². The van der Waals surface area contributed by atoms with Gasteiger partial charge in [-0.3, -0.25) is 14.8 Å². The third kappa shape index (κ3) is 4.34. The summed E-state index contributed by atoms with van der Waals surface area (Å²) in [5.74, 6) is 0.106. The lowest BCUT2D eigenvalue weighted by Gasteiger charge is -2.53. The summed E-state index contributed by atoms with van der Waals surface area (Å²) >= 11 is 0. The van der Waals surface area contributed by atoms with Gasteiger partial charge in [0.15, 0.2) is 0 Å². The maximum absolute atomic E-state index is 12.4. The van der Waals surface area contributed by atoms with Crippen LogP contribution in [0.15, 0.2) is 42.6 Å². The van der Waals surface area contributed by atoms with Gasteiger partial charge in [-0.25, -0.2) is 0 Å². The summed E-state index contributed by atoms with van der Waals surface area (Å²) in [6.07, 6.45) is 3.92. The Bertz CT molecular complexity index is 790.